The van der Waals surface area contributed by atoms with Crippen LogP contribution in [0.5, 0.6) is 0 Å². The molecule has 0 spiro atoms. The van der Waals surface area contributed by atoms with Crippen molar-refractivity contribution in [3.63, 3.8) is 0 Å². The molecule has 0 aromatic heterocycles. The van der Waals surface area contributed by atoms with Crippen molar-refractivity contribution in [2.24, 2.45) is 17.0 Å². The largest absolute Gasteiger partial charge is 0.396 e. The van der Waals surface area contributed by atoms with Crippen molar-refractivity contribution in [3.8, 4) is 0 Å². The maximum Gasteiger partial charge on any atom is 0.120 e. The van der Waals surface area contributed by atoms with E-state index in [0.717, 1.165) is 18.9 Å². The van der Waals surface area contributed by atoms with E-state index >= 15 is 0 Å². The van der Waals surface area contributed by atoms with Gasteiger partial charge in [-0.1, -0.05) is 18.5 Å². The number of rotatable bonds is 3. The number of hydrogen-bond acceptors (Lipinski definition) is 2. The average molecular weight is 181 g/mol. The Balaban J connectivity index is 1.74. The predicted molar refractivity (Wildman–Crippen MR) is 53.7 cm³/mol. The van der Waals surface area contributed by atoms with Crippen LogP contribution < -0.4 is 0 Å². The van der Waals surface area contributed by atoms with E-state index in [9.17, 15) is 0 Å². The predicted octanol–water partition coefficient (Wildman–Crippen LogP) is 2.98. The first kappa shape index (κ1) is 9.04. The van der Waals surface area contributed by atoms with Gasteiger partial charge in [-0.3, -0.25) is 0 Å². The highest BCUT2D eigenvalue weighted by Gasteiger charge is 2.22. The molecule has 2 aliphatic rings. The van der Waals surface area contributed by atoms with Crippen LogP contribution in [-0.4, -0.2) is 12.3 Å². The molecule has 0 bridgehead atoms. The van der Waals surface area contributed by atoms with E-state index in [2.05, 4.69) is 12.1 Å². The smallest absolute Gasteiger partial charge is 0.120 e. The minimum absolute atomic E-state index is 0.660. The minimum Gasteiger partial charge on any atom is -0.396 e. The normalized spacial score (nSPS) is 32.1. The molecule has 0 aliphatic heterocycles. The summed E-state index contributed by atoms with van der Waals surface area (Å²) in [5.74, 6) is 1.48. The molecule has 13 heavy (non-hydrogen) atoms. The lowest BCUT2D eigenvalue weighted by Gasteiger charge is -2.19. The summed E-state index contributed by atoms with van der Waals surface area (Å²) in [4.78, 5) is 5.36. The Hall–Kier alpha value is -0.530. The summed E-state index contributed by atoms with van der Waals surface area (Å²) in [6.45, 7) is 3.12. The molecule has 1 unspecified atom stereocenters. The first-order chi connectivity index (χ1) is 6.36. The molecule has 2 aliphatic carbocycles. The maximum absolute atomic E-state index is 5.36. The van der Waals surface area contributed by atoms with Crippen LogP contribution in [0.25, 0.3) is 0 Å². The van der Waals surface area contributed by atoms with E-state index in [1.807, 2.05) is 0 Å². The van der Waals surface area contributed by atoms with Gasteiger partial charge < -0.3 is 4.84 Å². The molecule has 2 rings (SSSR count). The Bertz CT molecular complexity index is 196. The highest BCUT2D eigenvalue weighted by atomic mass is 16.6. The molecule has 0 N–H and O–H groups in total. The van der Waals surface area contributed by atoms with Gasteiger partial charge >= 0.3 is 0 Å². The summed E-state index contributed by atoms with van der Waals surface area (Å²) in [6, 6.07) is 0. The van der Waals surface area contributed by atoms with Gasteiger partial charge in [-0.15, -0.1) is 0 Å². The molecule has 2 nitrogen and oxygen atoms in total. The first-order valence-electron chi connectivity index (χ1n) is 5.55. The van der Waals surface area contributed by atoms with Crippen LogP contribution in [0.2, 0.25) is 0 Å². The highest BCUT2D eigenvalue weighted by molar-refractivity contribution is 5.86. The zero-order valence-corrected chi connectivity index (χ0v) is 8.46. The molecule has 1 atom stereocenters. The molecule has 0 heterocycles. The van der Waals surface area contributed by atoms with Crippen LogP contribution in [0.3, 0.4) is 0 Å². The van der Waals surface area contributed by atoms with Crippen LogP contribution in [0, 0.1) is 11.8 Å². The van der Waals surface area contributed by atoms with Gasteiger partial charge in [0.15, 0.2) is 0 Å². The van der Waals surface area contributed by atoms with Gasteiger partial charge in [0.2, 0.25) is 0 Å². The lowest BCUT2D eigenvalue weighted by Crippen LogP contribution is -2.16. The van der Waals surface area contributed by atoms with Gasteiger partial charge in [0.1, 0.15) is 6.61 Å². The molecular formula is C11H19NO. The van der Waals surface area contributed by atoms with E-state index < -0.39 is 0 Å². The zero-order chi connectivity index (χ0) is 9.10. The van der Waals surface area contributed by atoms with Gasteiger partial charge in [-0.25, -0.2) is 0 Å². The van der Waals surface area contributed by atoms with Crippen molar-refractivity contribution < 1.29 is 4.84 Å². The maximum atomic E-state index is 5.36. The van der Waals surface area contributed by atoms with Crippen LogP contribution in [0.4, 0.5) is 0 Å². The van der Waals surface area contributed by atoms with Crippen LogP contribution in [0.15, 0.2) is 5.16 Å². The molecule has 2 fully saturated rings. The molecule has 0 radical (unpaired) electrons. The topological polar surface area (TPSA) is 21.6 Å². The van der Waals surface area contributed by atoms with Crippen LogP contribution in [-0.2, 0) is 4.84 Å². The van der Waals surface area contributed by atoms with E-state index in [0.29, 0.717) is 5.92 Å². The Morgan fingerprint density at radius 1 is 1.31 bits per heavy atom. The fourth-order valence-corrected chi connectivity index (χ4v) is 1.82. The fraction of sp³-hybridized carbons (Fsp3) is 0.909. The standard InChI is InChI=1S/C11H19NO/c1-9-4-2-3-5-11(9)12-13-8-10-6-7-10/h9-10H,2-8H2,1H3/b12-11+. The summed E-state index contributed by atoms with van der Waals surface area (Å²) in [5.41, 5.74) is 1.30. The molecule has 74 valence electrons. The lowest BCUT2D eigenvalue weighted by atomic mass is 9.89. The van der Waals surface area contributed by atoms with E-state index in [4.69, 9.17) is 4.84 Å². The van der Waals surface area contributed by atoms with Gasteiger partial charge in [-0.05, 0) is 43.9 Å². The van der Waals surface area contributed by atoms with Crippen LogP contribution >= 0.6 is 0 Å². The zero-order valence-electron chi connectivity index (χ0n) is 8.46. The summed E-state index contributed by atoms with van der Waals surface area (Å²) >= 11 is 0. The minimum atomic E-state index is 0.660. The number of hydrogen-bond donors (Lipinski definition) is 0. The van der Waals surface area contributed by atoms with E-state index in [-0.39, 0.29) is 0 Å². The van der Waals surface area contributed by atoms with Crippen molar-refractivity contribution in [2.45, 2.75) is 45.4 Å². The summed E-state index contributed by atoms with van der Waals surface area (Å²) in [7, 11) is 0. The first-order valence-corrected chi connectivity index (χ1v) is 5.55. The van der Waals surface area contributed by atoms with E-state index in [1.54, 1.807) is 0 Å². The number of oxime groups is 1. The Kier molecular flexibility index (Phi) is 2.87. The SMILES string of the molecule is CC1CCCC/C1=N\OCC1CC1. The summed E-state index contributed by atoms with van der Waals surface area (Å²) in [5, 5.41) is 4.26. The molecular weight excluding hydrogens is 162 g/mol. The van der Waals surface area contributed by atoms with Crippen molar-refractivity contribution >= 4 is 5.71 Å². The number of nitrogens with zero attached hydrogens (tertiary/aromatic N) is 1. The molecule has 2 heteroatoms. The second-order valence-electron chi connectivity index (χ2n) is 4.47. The van der Waals surface area contributed by atoms with E-state index in [1.165, 1.54) is 37.8 Å². The summed E-state index contributed by atoms with van der Waals surface area (Å²) < 4.78 is 0. The molecule has 0 saturated heterocycles. The third-order valence-electron chi connectivity index (χ3n) is 3.08. The molecule has 0 aromatic carbocycles. The molecule has 2 saturated carbocycles. The van der Waals surface area contributed by atoms with Gasteiger partial charge in [0, 0.05) is 0 Å². The van der Waals surface area contributed by atoms with Crippen molar-refractivity contribution in [1.82, 2.24) is 0 Å². The third-order valence-corrected chi connectivity index (χ3v) is 3.08. The van der Waals surface area contributed by atoms with Crippen LogP contribution in [0.1, 0.15) is 45.4 Å². The quantitative estimate of drug-likeness (QED) is 0.613. The van der Waals surface area contributed by atoms with Crippen molar-refractivity contribution in [1.29, 1.82) is 0 Å². The van der Waals surface area contributed by atoms with Crippen molar-refractivity contribution in [3.05, 3.63) is 0 Å². The molecule has 0 amide bonds. The highest BCUT2D eigenvalue weighted by Crippen LogP contribution is 2.29. The monoisotopic (exact) mass is 181 g/mol. The van der Waals surface area contributed by atoms with Gasteiger partial charge in [0.25, 0.3) is 0 Å². The Labute approximate surface area is 80.3 Å². The molecule has 0 aromatic rings. The second-order valence-corrected chi connectivity index (χ2v) is 4.47. The van der Waals surface area contributed by atoms with Crippen molar-refractivity contribution in [2.75, 3.05) is 6.61 Å². The third kappa shape index (κ3) is 2.71. The average Bonchev–Trinajstić information content (AvgIpc) is 2.92. The Morgan fingerprint density at radius 3 is 2.85 bits per heavy atom. The van der Waals surface area contributed by atoms with Gasteiger partial charge in [0.05, 0.1) is 5.71 Å². The lowest BCUT2D eigenvalue weighted by molar-refractivity contribution is 0.131. The summed E-state index contributed by atoms with van der Waals surface area (Å²) in [6.07, 6.45) is 7.82. The van der Waals surface area contributed by atoms with Gasteiger partial charge in [-0.2, -0.15) is 0 Å². The second kappa shape index (κ2) is 4.12. The Morgan fingerprint density at radius 2 is 2.15 bits per heavy atom. The fourth-order valence-electron chi connectivity index (χ4n) is 1.82.